The molecule has 4 rings (SSSR count). The van der Waals surface area contributed by atoms with Crippen LogP contribution in [0.5, 0.6) is 11.5 Å². The Bertz CT molecular complexity index is 1200. The average molecular weight is 441 g/mol. The van der Waals surface area contributed by atoms with E-state index < -0.39 is 11.9 Å². The first kappa shape index (κ1) is 20.6. The summed E-state index contributed by atoms with van der Waals surface area (Å²) in [5.74, 6) is 0.766. The molecule has 0 amide bonds. The fourth-order valence-corrected chi connectivity index (χ4v) is 4.14. The summed E-state index contributed by atoms with van der Waals surface area (Å²) in [5.41, 5.74) is 7.50. The van der Waals surface area contributed by atoms with Gasteiger partial charge in [0.1, 0.15) is 15.5 Å². The maximum Gasteiger partial charge on any atom is 0.348 e. The topological polar surface area (TPSA) is 123 Å². The molecule has 0 spiro atoms. The van der Waals surface area contributed by atoms with Crippen molar-refractivity contribution in [3.63, 3.8) is 0 Å². The summed E-state index contributed by atoms with van der Waals surface area (Å²) in [6, 6.07) is 5.34. The molecule has 0 aliphatic carbocycles. The predicted octanol–water partition coefficient (Wildman–Crippen LogP) is 3.24. The fraction of sp³-hybridized carbons (Fsp3) is 0.238. The third kappa shape index (κ3) is 4.29. The molecule has 10 heteroatoms. The van der Waals surface area contributed by atoms with E-state index in [0.29, 0.717) is 32.2 Å². The minimum absolute atomic E-state index is 0.157. The molecule has 2 aromatic heterocycles. The van der Waals surface area contributed by atoms with Crippen molar-refractivity contribution in [1.82, 2.24) is 9.97 Å². The molecule has 2 N–H and O–H groups in total. The Hall–Kier alpha value is -3.66. The Balaban J connectivity index is 1.44. The van der Waals surface area contributed by atoms with E-state index in [1.54, 1.807) is 38.1 Å². The highest BCUT2D eigenvalue weighted by Crippen LogP contribution is 2.34. The van der Waals surface area contributed by atoms with Crippen molar-refractivity contribution in [3.8, 4) is 11.5 Å². The molecular formula is C21H19N3O6S. The van der Waals surface area contributed by atoms with E-state index in [2.05, 4.69) is 9.97 Å². The lowest BCUT2D eigenvalue weighted by Crippen LogP contribution is -2.06. The second-order valence-corrected chi connectivity index (χ2v) is 7.53. The lowest BCUT2D eigenvalue weighted by Gasteiger charge is -2.04. The molecule has 0 bridgehead atoms. The summed E-state index contributed by atoms with van der Waals surface area (Å²) >= 11 is 1.17. The molecule has 0 saturated carbocycles. The van der Waals surface area contributed by atoms with Gasteiger partial charge < -0.3 is 24.7 Å². The van der Waals surface area contributed by atoms with Gasteiger partial charge in [0, 0.05) is 6.08 Å². The molecule has 1 aromatic carbocycles. The number of fused-ring (bicyclic) bond motifs is 2. The second kappa shape index (κ2) is 8.60. The third-order valence-electron chi connectivity index (χ3n) is 4.48. The van der Waals surface area contributed by atoms with Crippen LogP contribution in [-0.4, -0.2) is 35.3 Å². The molecule has 31 heavy (non-hydrogen) atoms. The van der Waals surface area contributed by atoms with Crippen molar-refractivity contribution in [2.75, 3.05) is 19.1 Å². The lowest BCUT2D eigenvalue weighted by atomic mass is 10.2. The zero-order valence-corrected chi connectivity index (χ0v) is 17.7. The zero-order chi connectivity index (χ0) is 22.0. The minimum atomic E-state index is -0.561. The Morgan fingerprint density at radius 3 is 2.84 bits per heavy atom. The summed E-state index contributed by atoms with van der Waals surface area (Å²) in [7, 11) is 0. The number of aromatic nitrogens is 2. The monoisotopic (exact) mass is 441 g/mol. The third-order valence-corrected chi connectivity index (χ3v) is 5.64. The minimum Gasteiger partial charge on any atom is -0.462 e. The van der Waals surface area contributed by atoms with Gasteiger partial charge >= 0.3 is 11.9 Å². The Morgan fingerprint density at radius 2 is 2.03 bits per heavy atom. The van der Waals surface area contributed by atoms with E-state index in [0.717, 1.165) is 5.56 Å². The van der Waals surface area contributed by atoms with Gasteiger partial charge in [-0.25, -0.2) is 19.6 Å². The molecular weight excluding hydrogens is 422 g/mol. The number of anilines is 1. The van der Waals surface area contributed by atoms with E-state index in [-0.39, 0.29) is 31.6 Å². The van der Waals surface area contributed by atoms with Crippen molar-refractivity contribution in [1.29, 1.82) is 0 Å². The molecule has 0 saturated heterocycles. The quantitative estimate of drug-likeness (QED) is 0.453. The number of aryl methyl sites for hydroxylation is 1. The van der Waals surface area contributed by atoms with Gasteiger partial charge in [0.2, 0.25) is 6.79 Å². The first-order valence-electron chi connectivity index (χ1n) is 9.43. The maximum absolute atomic E-state index is 12.1. The summed E-state index contributed by atoms with van der Waals surface area (Å²) in [4.78, 5) is 33.7. The molecule has 3 aromatic rings. The standard InChI is InChI=1S/C21H19N3O6S/c1-3-27-21(26)18-11(2)17-19(22)23-15(24-20(17)31-18)9-28-16(25)7-5-12-4-6-13-14(8-12)30-10-29-13/h4-8H,3,9-10H2,1-2H3,(H2,22,23,24)/b7-5+. The van der Waals surface area contributed by atoms with Crippen LogP contribution in [0.25, 0.3) is 16.3 Å². The Morgan fingerprint density at radius 1 is 1.23 bits per heavy atom. The van der Waals surface area contributed by atoms with Gasteiger partial charge in [0.25, 0.3) is 0 Å². The number of carbonyl (C=O) groups is 2. The summed E-state index contributed by atoms with van der Waals surface area (Å²) in [5, 5.41) is 0.603. The molecule has 1 aliphatic rings. The van der Waals surface area contributed by atoms with E-state index in [1.165, 1.54) is 17.4 Å². The highest BCUT2D eigenvalue weighted by atomic mass is 32.1. The largest absolute Gasteiger partial charge is 0.462 e. The van der Waals surface area contributed by atoms with Gasteiger partial charge in [0.15, 0.2) is 23.9 Å². The van der Waals surface area contributed by atoms with Gasteiger partial charge in [-0.05, 0) is 43.2 Å². The average Bonchev–Trinajstić information content (AvgIpc) is 3.35. The summed E-state index contributed by atoms with van der Waals surface area (Å²) in [6.45, 7) is 3.81. The number of nitrogens with two attached hydrogens (primary N) is 1. The smallest absolute Gasteiger partial charge is 0.348 e. The van der Waals surface area contributed by atoms with E-state index >= 15 is 0 Å². The lowest BCUT2D eigenvalue weighted by molar-refractivity contribution is -0.139. The molecule has 9 nitrogen and oxygen atoms in total. The van der Waals surface area contributed by atoms with Crippen LogP contribution in [0.1, 0.15) is 33.5 Å². The molecule has 160 valence electrons. The van der Waals surface area contributed by atoms with Crippen molar-refractivity contribution in [2.45, 2.75) is 20.5 Å². The number of nitrogen functional groups attached to an aromatic ring is 1. The number of carbonyl (C=O) groups excluding carboxylic acids is 2. The zero-order valence-electron chi connectivity index (χ0n) is 16.8. The number of hydrogen-bond donors (Lipinski definition) is 1. The maximum atomic E-state index is 12.1. The van der Waals surface area contributed by atoms with Crippen molar-refractivity contribution < 1.29 is 28.5 Å². The SMILES string of the molecule is CCOC(=O)c1sc2nc(COC(=O)/C=C/c3ccc4c(c3)OCO4)nc(N)c2c1C. The molecule has 0 fully saturated rings. The number of esters is 2. The van der Waals surface area contributed by atoms with Crippen molar-refractivity contribution >= 4 is 45.4 Å². The second-order valence-electron chi connectivity index (χ2n) is 6.54. The number of hydrogen-bond acceptors (Lipinski definition) is 10. The highest BCUT2D eigenvalue weighted by Gasteiger charge is 2.20. The molecule has 0 unspecified atom stereocenters. The summed E-state index contributed by atoms with van der Waals surface area (Å²) < 4.78 is 20.8. The first-order chi connectivity index (χ1) is 15.0. The number of benzene rings is 1. The van der Waals surface area contributed by atoms with Crippen LogP contribution in [-0.2, 0) is 20.9 Å². The normalized spacial score (nSPS) is 12.5. The highest BCUT2D eigenvalue weighted by molar-refractivity contribution is 7.20. The Kier molecular flexibility index (Phi) is 5.72. The van der Waals surface area contributed by atoms with Crippen molar-refractivity contribution in [3.05, 3.63) is 46.1 Å². The molecule has 1 aliphatic heterocycles. The van der Waals surface area contributed by atoms with Crippen LogP contribution in [0.2, 0.25) is 0 Å². The Labute approximate surface area is 181 Å². The predicted molar refractivity (Wildman–Crippen MR) is 114 cm³/mol. The number of thiophene rings is 1. The molecule has 0 atom stereocenters. The van der Waals surface area contributed by atoms with Crippen LogP contribution in [0, 0.1) is 6.92 Å². The number of ether oxygens (including phenoxy) is 4. The van der Waals surface area contributed by atoms with E-state index in [4.69, 9.17) is 24.7 Å². The molecule has 0 radical (unpaired) electrons. The van der Waals surface area contributed by atoms with Gasteiger partial charge in [-0.1, -0.05) is 6.07 Å². The number of nitrogens with zero attached hydrogens (tertiary/aromatic N) is 2. The van der Waals surface area contributed by atoms with Crippen LogP contribution in [0.15, 0.2) is 24.3 Å². The van der Waals surface area contributed by atoms with Gasteiger partial charge in [-0.3, -0.25) is 0 Å². The molecule has 3 heterocycles. The first-order valence-corrected chi connectivity index (χ1v) is 10.2. The van der Waals surface area contributed by atoms with E-state index in [1.807, 2.05) is 0 Å². The number of rotatable bonds is 6. The van der Waals surface area contributed by atoms with Crippen LogP contribution in [0.3, 0.4) is 0 Å². The summed E-state index contributed by atoms with van der Waals surface area (Å²) in [6.07, 6.45) is 2.91. The van der Waals surface area contributed by atoms with Crippen molar-refractivity contribution in [2.24, 2.45) is 0 Å². The van der Waals surface area contributed by atoms with Crippen LogP contribution in [0.4, 0.5) is 5.82 Å². The van der Waals surface area contributed by atoms with Gasteiger partial charge in [0.05, 0.1) is 12.0 Å². The van der Waals surface area contributed by atoms with Gasteiger partial charge in [-0.2, -0.15) is 0 Å². The van der Waals surface area contributed by atoms with E-state index in [9.17, 15) is 9.59 Å². The van der Waals surface area contributed by atoms with Gasteiger partial charge in [-0.15, -0.1) is 11.3 Å². The fourth-order valence-electron chi connectivity index (χ4n) is 3.04. The van der Waals surface area contributed by atoms with Crippen LogP contribution < -0.4 is 15.2 Å². The van der Waals surface area contributed by atoms with Crippen LogP contribution >= 0.6 is 11.3 Å².